The van der Waals surface area contributed by atoms with Crippen molar-refractivity contribution < 1.29 is 0 Å². The lowest BCUT2D eigenvalue weighted by molar-refractivity contribution is 0.240. The molecule has 108 valence electrons. The van der Waals surface area contributed by atoms with Crippen molar-refractivity contribution >= 4 is 5.69 Å². The monoisotopic (exact) mass is 280 g/mol. The summed E-state index contributed by atoms with van der Waals surface area (Å²) < 4.78 is 0. The Labute approximate surface area is 125 Å². The number of benzene rings is 1. The van der Waals surface area contributed by atoms with Crippen molar-refractivity contribution in [2.45, 2.75) is 25.8 Å². The number of nitrogen functional groups attached to an aromatic ring is 1. The van der Waals surface area contributed by atoms with Crippen molar-refractivity contribution in [1.82, 2.24) is 14.9 Å². The van der Waals surface area contributed by atoms with E-state index in [1.807, 2.05) is 30.5 Å². The fourth-order valence-electron chi connectivity index (χ4n) is 2.95. The van der Waals surface area contributed by atoms with Crippen LogP contribution < -0.4 is 5.73 Å². The molecule has 1 aromatic carbocycles. The van der Waals surface area contributed by atoms with Crippen LogP contribution in [0.25, 0.3) is 11.4 Å². The molecule has 0 spiro atoms. The third-order valence-electron chi connectivity index (χ3n) is 4.41. The van der Waals surface area contributed by atoms with Gasteiger partial charge in [-0.2, -0.15) is 0 Å². The van der Waals surface area contributed by atoms with Gasteiger partial charge >= 0.3 is 0 Å². The van der Waals surface area contributed by atoms with Gasteiger partial charge in [-0.3, -0.25) is 4.90 Å². The average Bonchev–Trinajstić information content (AvgIpc) is 3.31. The van der Waals surface area contributed by atoms with E-state index in [2.05, 4.69) is 9.88 Å². The van der Waals surface area contributed by atoms with E-state index >= 15 is 0 Å². The predicted octanol–water partition coefficient (Wildman–Crippen LogP) is 2.49. The zero-order valence-corrected chi connectivity index (χ0v) is 12.1. The highest BCUT2D eigenvalue weighted by Crippen LogP contribution is 2.31. The topological polar surface area (TPSA) is 55.0 Å². The Morgan fingerprint density at radius 3 is 2.76 bits per heavy atom. The molecule has 1 aliphatic carbocycles. The molecule has 21 heavy (non-hydrogen) atoms. The summed E-state index contributed by atoms with van der Waals surface area (Å²) in [5.41, 5.74) is 10.0. The zero-order chi connectivity index (χ0) is 14.2. The third-order valence-corrected chi connectivity index (χ3v) is 4.41. The third kappa shape index (κ3) is 2.76. The Morgan fingerprint density at radius 1 is 1.19 bits per heavy atom. The molecule has 4 nitrogen and oxygen atoms in total. The van der Waals surface area contributed by atoms with Gasteiger partial charge in [0, 0.05) is 37.1 Å². The van der Waals surface area contributed by atoms with Crippen LogP contribution in [-0.4, -0.2) is 28.0 Å². The van der Waals surface area contributed by atoms with E-state index < -0.39 is 0 Å². The van der Waals surface area contributed by atoms with Crippen molar-refractivity contribution in [1.29, 1.82) is 0 Å². The second kappa shape index (κ2) is 5.11. The number of rotatable bonds is 3. The number of aromatic nitrogens is 2. The minimum Gasteiger partial charge on any atom is -0.399 e. The maximum absolute atomic E-state index is 5.74. The van der Waals surface area contributed by atoms with E-state index in [1.54, 1.807) is 0 Å². The predicted molar refractivity (Wildman–Crippen MR) is 83.6 cm³/mol. The van der Waals surface area contributed by atoms with Crippen LogP contribution in [0.5, 0.6) is 0 Å². The first-order valence-electron chi connectivity index (χ1n) is 7.71. The van der Waals surface area contributed by atoms with Crippen molar-refractivity contribution in [2.75, 3.05) is 18.8 Å². The maximum Gasteiger partial charge on any atom is 0.159 e. The number of fused-ring (bicyclic) bond motifs is 1. The van der Waals surface area contributed by atoms with Crippen molar-refractivity contribution in [3.63, 3.8) is 0 Å². The maximum atomic E-state index is 5.74. The normalized spacial score (nSPS) is 18.5. The molecule has 1 fully saturated rings. The number of hydrogen-bond acceptors (Lipinski definition) is 4. The summed E-state index contributed by atoms with van der Waals surface area (Å²) in [6, 6.07) is 7.78. The van der Waals surface area contributed by atoms with E-state index in [0.29, 0.717) is 0 Å². The lowest BCUT2D eigenvalue weighted by Crippen LogP contribution is -2.33. The average molecular weight is 280 g/mol. The molecule has 2 aliphatic rings. The summed E-state index contributed by atoms with van der Waals surface area (Å²) in [5, 5.41) is 0. The molecule has 0 unspecified atom stereocenters. The van der Waals surface area contributed by atoms with E-state index in [1.165, 1.54) is 30.6 Å². The highest BCUT2D eigenvalue weighted by Gasteiger charge is 2.27. The van der Waals surface area contributed by atoms with Gasteiger partial charge in [-0.25, -0.2) is 9.97 Å². The van der Waals surface area contributed by atoms with Crippen LogP contribution in [0, 0.1) is 5.92 Å². The van der Waals surface area contributed by atoms with Crippen LogP contribution in [0.1, 0.15) is 24.1 Å². The van der Waals surface area contributed by atoms with E-state index in [9.17, 15) is 0 Å². The molecule has 0 amide bonds. The van der Waals surface area contributed by atoms with Gasteiger partial charge in [0.15, 0.2) is 5.82 Å². The fraction of sp³-hybridized carbons (Fsp3) is 0.412. The molecular formula is C17H20N4. The molecule has 1 aromatic heterocycles. The SMILES string of the molecule is Nc1ccc(-c2ncc3c(n2)CN(CC2CC2)CC3)cc1. The summed E-state index contributed by atoms with van der Waals surface area (Å²) in [7, 11) is 0. The number of nitrogens with two attached hydrogens (primary N) is 1. The van der Waals surface area contributed by atoms with E-state index in [0.717, 1.165) is 42.5 Å². The minimum absolute atomic E-state index is 0.771. The summed E-state index contributed by atoms with van der Waals surface area (Å²) in [5.74, 6) is 1.74. The highest BCUT2D eigenvalue weighted by molar-refractivity contribution is 5.58. The first kappa shape index (κ1) is 12.8. The van der Waals surface area contributed by atoms with Crippen LogP contribution >= 0.6 is 0 Å². The molecule has 1 saturated carbocycles. The molecule has 4 rings (SSSR count). The summed E-state index contributed by atoms with van der Waals surface area (Å²) >= 11 is 0. The molecule has 2 heterocycles. The lowest BCUT2D eigenvalue weighted by Gasteiger charge is -2.27. The Balaban J connectivity index is 1.59. The van der Waals surface area contributed by atoms with Gasteiger partial charge in [0.05, 0.1) is 5.69 Å². The molecule has 0 bridgehead atoms. The molecule has 0 radical (unpaired) electrons. The second-order valence-electron chi connectivity index (χ2n) is 6.22. The van der Waals surface area contributed by atoms with Gasteiger partial charge in [-0.1, -0.05) is 0 Å². The standard InChI is InChI=1S/C17H20N4/c18-15-5-3-13(4-6-15)17-19-9-14-7-8-21(10-12-1-2-12)11-16(14)20-17/h3-6,9,12H,1-2,7-8,10-11,18H2. The van der Waals surface area contributed by atoms with Gasteiger partial charge in [0.25, 0.3) is 0 Å². The van der Waals surface area contributed by atoms with Crippen LogP contribution in [-0.2, 0) is 13.0 Å². The van der Waals surface area contributed by atoms with Crippen LogP contribution in [0.15, 0.2) is 30.5 Å². The highest BCUT2D eigenvalue weighted by atomic mass is 15.1. The van der Waals surface area contributed by atoms with Gasteiger partial charge in [0.1, 0.15) is 0 Å². The number of nitrogens with zero attached hydrogens (tertiary/aromatic N) is 3. The van der Waals surface area contributed by atoms with Gasteiger partial charge in [-0.05, 0) is 55.0 Å². The van der Waals surface area contributed by atoms with Crippen LogP contribution in [0.3, 0.4) is 0 Å². The Morgan fingerprint density at radius 2 is 2.00 bits per heavy atom. The van der Waals surface area contributed by atoms with Gasteiger partial charge < -0.3 is 5.73 Å². The first-order chi connectivity index (χ1) is 10.3. The molecule has 2 N–H and O–H groups in total. The fourth-order valence-corrected chi connectivity index (χ4v) is 2.95. The molecule has 0 saturated heterocycles. The van der Waals surface area contributed by atoms with Crippen molar-refractivity contribution in [3.05, 3.63) is 41.7 Å². The largest absolute Gasteiger partial charge is 0.399 e. The van der Waals surface area contributed by atoms with E-state index in [4.69, 9.17) is 10.7 Å². The van der Waals surface area contributed by atoms with Gasteiger partial charge in [0.2, 0.25) is 0 Å². The Kier molecular flexibility index (Phi) is 3.11. The summed E-state index contributed by atoms with van der Waals surface area (Å²) in [4.78, 5) is 11.9. The van der Waals surface area contributed by atoms with Crippen molar-refractivity contribution in [3.8, 4) is 11.4 Å². The lowest BCUT2D eigenvalue weighted by atomic mass is 10.1. The number of anilines is 1. The zero-order valence-electron chi connectivity index (χ0n) is 12.1. The summed E-state index contributed by atoms with van der Waals surface area (Å²) in [6.07, 6.45) is 5.89. The Hall–Kier alpha value is -1.94. The Bertz CT molecular complexity index is 646. The molecule has 0 atom stereocenters. The van der Waals surface area contributed by atoms with Crippen molar-refractivity contribution in [2.24, 2.45) is 5.92 Å². The van der Waals surface area contributed by atoms with E-state index in [-0.39, 0.29) is 0 Å². The minimum atomic E-state index is 0.771. The molecule has 4 heteroatoms. The van der Waals surface area contributed by atoms with Gasteiger partial charge in [-0.15, -0.1) is 0 Å². The molecule has 1 aliphatic heterocycles. The first-order valence-corrected chi connectivity index (χ1v) is 7.71. The number of hydrogen-bond donors (Lipinski definition) is 1. The molecular weight excluding hydrogens is 260 g/mol. The van der Waals surface area contributed by atoms with Crippen LogP contribution in [0.4, 0.5) is 5.69 Å². The summed E-state index contributed by atoms with van der Waals surface area (Å²) in [6.45, 7) is 3.35. The quantitative estimate of drug-likeness (QED) is 0.878. The van der Waals surface area contributed by atoms with Crippen LogP contribution in [0.2, 0.25) is 0 Å². The second-order valence-corrected chi connectivity index (χ2v) is 6.22. The smallest absolute Gasteiger partial charge is 0.159 e. The molecule has 2 aromatic rings.